The topological polar surface area (TPSA) is 88.1 Å². The molecule has 0 aliphatic heterocycles. The molecule has 0 radical (unpaired) electrons. The van der Waals surface area contributed by atoms with Crippen molar-refractivity contribution in [2.24, 2.45) is 0 Å². The molecule has 2 amide bonds. The SMILES string of the molecule is CCCCCCNC(=O)N(CCc1ccc(C(O)P(=O)(OCC)OCC)cc1F)Cc1ccc(-c2ccccc2C(F)(F)F)cc1. The summed E-state index contributed by atoms with van der Waals surface area (Å²) in [6.07, 6.45) is -0.471. The molecule has 0 saturated heterocycles. The van der Waals surface area contributed by atoms with Gasteiger partial charge in [0.1, 0.15) is 5.82 Å². The monoisotopic (exact) mass is 666 g/mol. The number of hydrogen-bond acceptors (Lipinski definition) is 5. The number of halogens is 4. The third-order valence-corrected chi connectivity index (χ3v) is 9.54. The second-order valence-corrected chi connectivity index (χ2v) is 12.9. The van der Waals surface area contributed by atoms with Gasteiger partial charge in [0, 0.05) is 19.6 Å². The largest absolute Gasteiger partial charge is 0.417 e. The highest BCUT2D eigenvalue weighted by molar-refractivity contribution is 7.54. The molecule has 1 atom stereocenters. The van der Waals surface area contributed by atoms with Gasteiger partial charge in [-0.1, -0.05) is 80.8 Å². The van der Waals surface area contributed by atoms with Crippen LogP contribution in [-0.4, -0.2) is 42.3 Å². The summed E-state index contributed by atoms with van der Waals surface area (Å²) in [6.45, 7) is 6.14. The van der Waals surface area contributed by atoms with Gasteiger partial charge < -0.3 is 24.4 Å². The quantitative estimate of drug-likeness (QED) is 0.0853. The molecule has 0 saturated carbocycles. The van der Waals surface area contributed by atoms with Gasteiger partial charge in [-0.3, -0.25) is 4.57 Å². The average Bonchev–Trinajstić information content (AvgIpc) is 3.03. The minimum atomic E-state index is -4.50. The van der Waals surface area contributed by atoms with Crippen LogP contribution in [0.2, 0.25) is 0 Å². The van der Waals surface area contributed by atoms with Crippen LogP contribution >= 0.6 is 7.60 Å². The van der Waals surface area contributed by atoms with E-state index < -0.39 is 31.0 Å². The molecule has 7 nitrogen and oxygen atoms in total. The lowest BCUT2D eigenvalue weighted by atomic mass is 9.98. The van der Waals surface area contributed by atoms with Crippen LogP contribution in [0.25, 0.3) is 11.1 Å². The van der Waals surface area contributed by atoms with Gasteiger partial charge in [-0.15, -0.1) is 0 Å². The number of alkyl halides is 3. The van der Waals surface area contributed by atoms with Crippen molar-refractivity contribution in [2.45, 2.75) is 71.4 Å². The Morgan fingerprint density at radius 3 is 2.24 bits per heavy atom. The number of hydrogen-bond donors (Lipinski definition) is 2. The molecule has 1 unspecified atom stereocenters. The molecule has 2 N–H and O–H groups in total. The second-order valence-electron chi connectivity index (χ2n) is 10.8. The first-order valence-electron chi connectivity index (χ1n) is 15.6. The van der Waals surface area contributed by atoms with Crippen molar-refractivity contribution in [3.63, 3.8) is 0 Å². The van der Waals surface area contributed by atoms with E-state index in [4.69, 9.17) is 9.05 Å². The van der Waals surface area contributed by atoms with Crippen LogP contribution in [0.15, 0.2) is 66.7 Å². The number of carbonyl (C=O) groups is 1. The molecule has 3 aromatic rings. The van der Waals surface area contributed by atoms with Gasteiger partial charge >= 0.3 is 19.8 Å². The molecule has 252 valence electrons. The Hall–Kier alpha value is -3.24. The summed E-state index contributed by atoms with van der Waals surface area (Å²) in [7, 11) is -3.93. The van der Waals surface area contributed by atoms with Crippen molar-refractivity contribution < 1.29 is 41.1 Å². The first kappa shape index (κ1) is 37.2. The highest BCUT2D eigenvalue weighted by atomic mass is 31.2. The van der Waals surface area contributed by atoms with Crippen molar-refractivity contribution >= 4 is 13.6 Å². The van der Waals surface area contributed by atoms with Crippen molar-refractivity contribution in [3.8, 4) is 11.1 Å². The predicted octanol–water partition coefficient (Wildman–Crippen LogP) is 9.10. The highest BCUT2D eigenvalue weighted by Gasteiger charge is 2.36. The maximum Gasteiger partial charge on any atom is 0.417 e. The lowest BCUT2D eigenvalue weighted by Crippen LogP contribution is -2.41. The zero-order valence-electron chi connectivity index (χ0n) is 26.5. The van der Waals surface area contributed by atoms with Crippen LogP contribution in [0.1, 0.15) is 74.6 Å². The average molecular weight is 667 g/mol. The molecule has 3 rings (SSSR count). The Labute approximate surface area is 268 Å². The Kier molecular flexibility index (Phi) is 14.3. The van der Waals surface area contributed by atoms with E-state index in [1.54, 1.807) is 44.2 Å². The van der Waals surface area contributed by atoms with Gasteiger partial charge in [0.05, 0.1) is 18.8 Å². The van der Waals surface area contributed by atoms with Gasteiger partial charge in [0.15, 0.2) is 5.85 Å². The standard InChI is InChI=1S/C34H43F4N2O5P/c1-4-7-8-11-21-39-33(42)40(24-25-14-16-26(17-15-25)29-12-9-10-13-30(29)34(36,37)38)22-20-27-18-19-28(23-31(27)35)32(41)46(43,44-5-2)45-6-3/h9-10,12-19,23,32,41H,4-8,11,20-22,24H2,1-3H3,(H,39,42). The molecule has 3 aromatic carbocycles. The number of nitrogens with one attached hydrogen (secondary N) is 1. The van der Waals surface area contributed by atoms with Crippen LogP contribution in [0.5, 0.6) is 0 Å². The number of benzene rings is 3. The van der Waals surface area contributed by atoms with E-state index in [1.165, 1.54) is 29.2 Å². The number of carbonyl (C=O) groups excluding carboxylic acids is 1. The summed E-state index contributed by atoms with van der Waals surface area (Å²) >= 11 is 0. The van der Waals surface area contributed by atoms with Crippen molar-refractivity contribution in [2.75, 3.05) is 26.3 Å². The van der Waals surface area contributed by atoms with E-state index in [-0.39, 0.29) is 55.4 Å². The van der Waals surface area contributed by atoms with E-state index in [1.807, 2.05) is 0 Å². The maximum atomic E-state index is 15.2. The molecule has 12 heteroatoms. The summed E-state index contributed by atoms with van der Waals surface area (Å²) in [6, 6.07) is 15.5. The van der Waals surface area contributed by atoms with Crippen LogP contribution < -0.4 is 5.32 Å². The second kappa shape index (κ2) is 17.6. The molecular weight excluding hydrogens is 623 g/mol. The Balaban J connectivity index is 1.78. The van der Waals surface area contributed by atoms with Crippen LogP contribution in [0.3, 0.4) is 0 Å². The van der Waals surface area contributed by atoms with Gasteiger partial charge in [-0.2, -0.15) is 13.2 Å². The van der Waals surface area contributed by atoms with Gasteiger partial charge in [-0.25, -0.2) is 9.18 Å². The summed E-state index contributed by atoms with van der Waals surface area (Å²) < 4.78 is 79.2. The fourth-order valence-electron chi connectivity index (χ4n) is 5.01. The zero-order valence-corrected chi connectivity index (χ0v) is 27.4. The van der Waals surface area contributed by atoms with Crippen LogP contribution in [0, 0.1) is 5.82 Å². The lowest BCUT2D eigenvalue weighted by Gasteiger charge is -2.24. The van der Waals surface area contributed by atoms with E-state index in [0.29, 0.717) is 17.7 Å². The van der Waals surface area contributed by atoms with E-state index in [0.717, 1.165) is 37.8 Å². The first-order valence-corrected chi connectivity index (χ1v) is 17.2. The third kappa shape index (κ3) is 10.4. The normalized spacial score (nSPS) is 12.6. The molecule has 0 bridgehead atoms. The number of nitrogens with zero attached hydrogens (tertiary/aromatic N) is 1. The lowest BCUT2D eigenvalue weighted by molar-refractivity contribution is -0.137. The van der Waals surface area contributed by atoms with E-state index >= 15 is 4.39 Å². The summed E-state index contributed by atoms with van der Waals surface area (Å²) in [5.74, 6) is -2.32. The molecule has 0 aliphatic carbocycles. The summed E-state index contributed by atoms with van der Waals surface area (Å²) in [5, 5.41) is 13.6. The van der Waals surface area contributed by atoms with Crippen molar-refractivity contribution in [3.05, 3.63) is 94.8 Å². The van der Waals surface area contributed by atoms with Crippen molar-refractivity contribution in [1.29, 1.82) is 0 Å². The van der Waals surface area contributed by atoms with E-state index in [9.17, 15) is 27.6 Å². The molecule has 46 heavy (non-hydrogen) atoms. The molecular formula is C34H43F4N2O5P. The third-order valence-electron chi connectivity index (χ3n) is 7.41. The molecule has 0 spiro atoms. The summed E-state index contributed by atoms with van der Waals surface area (Å²) in [5.41, 5.74) is 0.734. The van der Waals surface area contributed by atoms with Gasteiger partial charge in [-0.05, 0) is 66.6 Å². The fraction of sp³-hybridized carbons (Fsp3) is 0.441. The molecule has 0 aliphatic rings. The zero-order chi connectivity index (χ0) is 33.7. The Morgan fingerprint density at radius 1 is 0.957 bits per heavy atom. The number of aliphatic hydroxyl groups is 1. The van der Waals surface area contributed by atoms with Gasteiger partial charge in [0.2, 0.25) is 0 Å². The number of urea groups is 1. The molecule has 0 heterocycles. The molecule has 0 fully saturated rings. The Bertz CT molecular complexity index is 1440. The van der Waals surface area contributed by atoms with Gasteiger partial charge in [0.25, 0.3) is 0 Å². The molecule has 0 aromatic heterocycles. The number of rotatable bonds is 17. The van der Waals surface area contributed by atoms with E-state index in [2.05, 4.69) is 12.2 Å². The Morgan fingerprint density at radius 2 is 1.63 bits per heavy atom. The number of unbranched alkanes of at least 4 members (excludes halogenated alkanes) is 3. The summed E-state index contributed by atoms with van der Waals surface area (Å²) in [4.78, 5) is 14.7. The van der Waals surface area contributed by atoms with Crippen LogP contribution in [-0.2, 0) is 32.8 Å². The highest BCUT2D eigenvalue weighted by Crippen LogP contribution is 2.59. The fourth-order valence-corrected chi connectivity index (χ4v) is 6.61. The predicted molar refractivity (Wildman–Crippen MR) is 171 cm³/mol. The number of amides is 2. The van der Waals surface area contributed by atoms with Crippen molar-refractivity contribution in [1.82, 2.24) is 10.2 Å². The number of aliphatic hydroxyl groups excluding tert-OH is 1. The first-order chi connectivity index (χ1) is 21.9. The maximum absolute atomic E-state index is 15.2. The van der Waals surface area contributed by atoms with Crippen LogP contribution in [0.4, 0.5) is 22.4 Å². The smallest absolute Gasteiger partial charge is 0.376 e. The minimum absolute atomic E-state index is 0.0367. The minimum Gasteiger partial charge on any atom is -0.376 e.